The summed E-state index contributed by atoms with van der Waals surface area (Å²) in [4.78, 5) is 14.9. The number of ether oxygens (including phenoxy) is 1. The van der Waals surface area contributed by atoms with E-state index < -0.39 is 0 Å². The number of hydrogen-bond donors (Lipinski definition) is 1. The van der Waals surface area contributed by atoms with E-state index in [1.165, 1.54) is 0 Å². The summed E-state index contributed by atoms with van der Waals surface area (Å²) in [6.45, 7) is 2.69. The molecule has 0 radical (unpaired) electrons. The molecule has 0 unspecified atom stereocenters. The number of aromatic nitrogens is 2. The van der Waals surface area contributed by atoms with Crippen LogP contribution in [-0.4, -0.2) is 34.7 Å². The van der Waals surface area contributed by atoms with E-state index in [0.29, 0.717) is 5.69 Å². The topological polar surface area (TPSA) is 58.2 Å². The third-order valence-electron chi connectivity index (χ3n) is 4.44. The molecule has 1 aliphatic rings. The van der Waals surface area contributed by atoms with Crippen molar-refractivity contribution in [3.05, 3.63) is 47.3 Å². The highest BCUT2D eigenvalue weighted by molar-refractivity contribution is 5.92. The van der Waals surface area contributed by atoms with Crippen molar-refractivity contribution in [2.75, 3.05) is 13.7 Å². The zero-order valence-electron chi connectivity index (χ0n) is 13.7. The van der Waals surface area contributed by atoms with E-state index in [1.54, 1.807) is 7.11 Å². The molecule has 1 aromatic heterocycles. The van der Waals surface area contributed by atoms with Gasteiger partial charge >= 0.3 is 0 Å². The van der Waals surface area contributed by atoms with Gasteiger partial charge in [-0.25, -0.2) is 0 Å². The van der Waals surface area contributed by atoms with Gasteiger partial charge in [0.1, 0.15) is 11.4 Å². The predicted octanol–water partition coefficient (Wildman–Crippen LogP) is 3.48. The quantitative estimate of drug-likeness (QED) is 0.943. The minimum Gasteiger partial charge on any atom is -0.497 e. The lowest BCUT2D eigenvalue weighted by atomic mass is 10.0. The largest absolute Gasteiger partial charge is 0.497 e. The Kier molecular flexibility index (Phi) is 4.65. The molecule has 0 spiro atoms. The highest BCUT2D eigenvalue weighted by Gasteiger charge is 2.28. The molecule has 1 saturated heterocycles. The van der Waals surface area contributed by atoms with Gasteiger partial charge in [-0.2, -0.15) is 5.10 Å². The Hall–Kier alpha value is -2.30. The Morgan fingerprint density at radius 2 is 2.04 bits per heavy atom. The molecule has 3 rings (SSSR count). The molecule has 2 aromatic rings. The number of hydrogen-bond acceptors (Lipinski definition) is 3. The first-order valence-electron chi connectivity index (χ1n) is 8.16. The number of carbonyl (C=O) groups is 1. The second kappa shape index (κ2) is 6.86. The van der Waals surface area contributed by atoms with Crippen molar-refractivity contribution in [2.45, 2.75) is 38.6 Å². The van der Waals surface area contributed by atoms with Crippen LogP contribution in [0.1, 0.15) is 53.5 Å². The zero-order chi connectivity index (χ0) is 16.2. The SMILES string of the molecule is COc1ccc([C@@H]2CCCCCN2C(=O)c2cc(C)[nH]n2)cc1. The van der Waals surface area contributed by atoms with Gasteiger partial charge in [0.2, 0.25) is 0 Å². The minimum atomic E-state index is 0.0112. The zero-order valence-corrected chi connectivity index (χ0v) is 13.7. The van der Waals surface area contributed by atoms with Crippen LogP contribution >= 0.6 is 0 Å². The molecule has 5 nitrogen and oxygen atoms in total. The molecule has 1 aliphatic heterocycles. The number of aryl methyl sites for hydroxylation is 1. The van der Waals surface area contributed by atoms with Crippen LogP contribution in [0.3, 0.4) is 0 Å². The van der Waals surface area contributed by atoms with Gasteiger partial charge in [0.25, 0.3) is 5.91 Å². The second-order valence-corrected chi connectivity index (χ2v) is 6.07. The number of nitrogens with zero attached hydrogens (tertiary/aromatic N) is 2. The van der Waals surface area contributed by atoms with Crippen LogP contribution in [0.5, 0.6) is 5.75 Å². The Morgan fingerprint density at radius 3 is 2.70 bits per heavy atom. The predicted molar refractivity (Wildman–Crippen MR) is 88.6 cm³/mol. The van der Waals surface area contributed by atoms with Gasteiger partial charge in [-0.3, -0.25) is 9.89 Å². The second-order valence-electron chi connectivity index (χ2n) is 6.07. The van der Waals surface area contributed by atoms with Gasteiger partial charge in [0.15, 0.2) is 0 Å². The van der Waals surface area contributed by atoms with Crippen molar-refractivity contribution in [1.82, 2.24) is 15.1 Å². The monoisotopic (exact) mass is 313 g/mol. The number of carbonyl (C=O) groups excluding carboxylic acids is 1. The van der Waals surface area contributed by atoms with Gasteiger partial charge in [-0.15, -0.1) is 0 Å². The van der Waals surface area contributed by atoms with Crippen molar-refractivity contribution >= 4 is 5.91 Å². The summed E-state index contributed by atoms with van der Waals surface area (Å²) in [6.07, 6.45) is 4.33. The molecule has 0 bridgehead atoms. The molecule has 1 amide bonds. The molecule has 1 aromatic carbocycles. The number of likely N-dealkylation sites (tertiary alicyclic amines) is 1. The van der Waals surface area contributed by atoms with Crippen molar-refractivity contribution in [3.63, 3.8) is 0 Å². The Morgan fingerprint density at radius 1 is 1.26 bits per heavy atom. The summed E-state index contributed by atoms with van der Waals surface area (Å²) in [6, 6.07) is 9.96. The van der Waals surface area contributed by atoms with E-state index in [1.807, 2.05) is 30.0 Å². The standard InChI is InChI=1S/C18H23N3O2/c1-13-12-16(20-19-13)18(22)21-11-5-3-4-6-17(21)14-7-9-15(23-2)10-8-14/h7-10,12,17H,3-6,11H2,1-2H3,(H,19,20)/t17-/m0/s1. The van der Waals surface area contributed by atoms with Crippen LogP contribution in [0.15, 0.2) is 30.3 Å². The van der Waals surface area contributed by atoms with Gasteiger partial charge in [-0.1, -0.05) is 25.0 Å². The maximum Gasteiger partial charge on any atom is 0.274 e. The number of methoxy groups -OCH3 is 1. The smallest absolute Gasteiger partial charge is 0.274 e. The van der Waals surface area contributed by atoms with Gasteiger partial charge < -0.3 is 9.64 Å². The Labute approximate surface area is 136 Å². The molecule has 1 fully saturated rings. The highest BCUT2D eigenvalue weighted by atomic mass is 16.5. The number of H-pyrrole nitrogens is 1. The molecule has 122 valence electrons. The first-order chi connectivity index (χ1) is 11.2. The van der Waals surface area contributed by atoms with Crippen molar-refractivity contribution in [3.8, 4) is 5.75 Å². The van der Waals surface area contributed by atoms with Crippen LogP contribution in [-0.2, 0) is 0 Å². The highest BCUT2D eigenvalue weighted by Crippen LogP contribution is 2.32. The lowest BCUT2D eigenvalue weighted by Gasteiger charge is -2.30. The molecule has 1 atom stereocenters. The maximum absolute atomic E-state index is 12.9. The normalized spacial score (nSPS) is 18.5. The number of amides is 1. The van der Waals surface area contributed by atoms with Crippen LogP contribution in [0.2, 0.25) is 0 Å². The first kappa shape index (κ1) is 15.6. The third kappa shape index (κ3) is 3.38. The number of aromatic amines is 1. The fourth-order valence-electron chi connectivity index (χ4n) is 3.20. The number of benzene rings is 1. The third-order valence-corrected chi connectivity index (χ3v) is 4.44. The average molecular weight is 313 g/mol. The summed E-state index contributed by atoms with van der Waals surface area (Å²) in [5, 5.41) is 7.00. The summed E-state index contributed by atoms with van der Waals surface area (Å²) < 4.78 is 5.23. The average Bonchev–Trinajstić information content (AvgIpc) is 2.87. The summed E-state index contributed by atoms with van der Waals surface area (Å²) in [5.41, 5.74) is 2.57. The molecular formula is C18H23N3O2. The van der Waals surface area contributed by atoms with Crippen LogP contribution in [0.4, 0.5) is 0 Å². The number of nitrogens with one attached hydrogen (secondary N) is 1. The molecule has 2 heterocycles. The van der Waals surface area contributed by atoms with Crippen molar-refractivity contribution in [2.24, 2.45) is 0 Å². The lowest BCUT2D eigenvalue weighted by Crippen LogP contribution is -2.35. The van der Waals surface area contributed by atoms with Crippen LogP contribution < -0.4 is 4.74 Å². The Bertz CT molecular complexity index is 663. The van der Waals surface area contributed by atoms with E-state index in [4.69, 9.17) is 4.74 Å². The first-order valence-corrected chi connectivity index (χ1v) is 8.16. The molecule has 0 aliphatic carbocycles. The molecule has 1 N–H and O–H groups in total. The van der Waals surface area contributed by atoms with E-state index in [2.05, 4.69) is 22.3 Å². The summed E-state index contributed by atoms with van der Waals surface area (Å²) >= 11 is 0. The van der Waals surface area contributed by atoms with Gasteiger partial charge in [0.05, 0.1) is 13.2 Å². The van der Waals surface area contributed by atoms with Crippen LogP contribution in [0.25, 0.3) is 0 Å². The van der Waals surface area contributed by atoms with Gasteiger partial charge in [0, 0.05) is 12.2 Å². The maximum atomic E-state index is 12.9. The summed E-state index contributed by atoms with van der Waals surface area (Å²) in [5.74, 6) is 0.847. The summed E-state index contributed by atoms with van der Waals surface area (Å²) in [7, 11) is 1.66. The van der Waals surface area contributed by atoms with Gasteiger partial charge in [-0.05, 0) is 43.5 Å². The molecular weight excluding hydrogens is 290 g/mol. The van der Waals surface area contributed by atoms with Crippen molar-refractivity contribution in [1.29, 1.82) is 0 Å². The molecule has 5 heteroatoms. The minimum absolute atomic E-state index is 0.0112. The van der Waals surface area contributed by atoms with Crippen molar-refractivity contribution < 1.29 is 9.53 Å². The molecule has 23 heavy (non-hydrogen) atoms. The van der Waals surface area contributed by atoms with E-state index in [0.717, 1.165) is 49.2 Å². The lowest BCUT2D eigenvalue weighted by molar-refractivity contribution is 0.0674. The van der Waals surface area contributed by atoms with E-state index in [9.17, 15) is 4.79 Å². The Balaban J connectivity index is 1.88. The fraction of sp³-hybridized carbons (Fsp3) is 0.444. The van der Waals surface area contributed by atoms with Crippen LogP contribution in [0, 0.1) is 6.92 Å². The van der Waals surface area contributed by atoms with E-state index in [-0.39, 0.29) is 11.9 Å². The number of rotatable bonds is 3. The van der Waals surface area contributed by atoms with E-state index >= 15 is 0 Å². The molecule has 0 saturated carbocycles. The fourth-order valence-corrected chi connectivity index (χ4v) is 3.20.